The van der Waals surface area contributed by atoms with Gasteiger partial charge in [0.15, 0.2) is 0 Å². The smallest absolute Gasteiger partial charge is 0.259 e. The summed E-state index contributed by atoms with van der Waals surface area (Å²) in [6.45, 7) is 5.91. The summed E-state index contributed by atoms with van der Waals surface area (Å²) in [5, 5.41) is 5.95. The quantitative estimate of drug-likeness (QED) is 0.899. The summed E-state index contributed by atoms with van der Waals surface area (Å²) in [7, 11) is 1.79. The molecule has 2 N–H and O–H groups in total. The Morgan fingerprint density at radius 3 is 2.50 bits per heavy atom. The molecule has 0 fully saturated rings. The summed E-state index contributed by atoms with van der Waals surface area (Å²) in [6, 6.07) is 7.80. The third-order valence-electron chi connectivity index (χ3n) is 3.18. The van der Waals surface area contributed by atoms with Crippen LogP contribution in [0.4, 0.5) is 11.4 Å². The van der Waals surface area contributed by atoms with Crippen LogP contribution >= 0.6 is 0 Å². The van der Waals surface area contributed by atoms with Gasteiger partial charge < -0.3 is 10.6 Å². The molecule has 0 aliphatic rings. The molecule has 0 atom stereocenters. The van der Waals surface area contributed by atoms with Gasteiger partial charge in [-0.05, 0) is 38.5 Å². The van der Waals surface area contributed by atoms with Crippen molar-refractivity contribution in [1.82, 2.24) is 4.98 Å². The number of aryl methyl sites for hydroxylation is 3. The number of nitrogens with one attached hydrogen (secondary N) is 2. The lowest BCUT2D eigenvalue weighted by Crippen LogP contribution is -2.15. The minimum absolute atomic E-state index is 0.159. The van der Waals surface area contributed by atoms with Gasteiger partial charge in [0.05, 0.1) is 11.3 Å². The van der Waals surface area contributed by atoms with Crippen molar-refractivity contribution in [3.8, 4) is 0 Å². The first-order chi connectivity index (χ1) is 9.51. The summed E-state index contributed by atoms with van der Waals surface area (Å²) < 4.78 is 0. The van der Waals surface area contributed by atoms with E-state index in [4.69, 9.17) is 0 Å². The minimum atomic E-state index is -0.159. The lowest BCUT2D eigenvalue weighted by molar-refractivity contribution is 0.102. The molecule has 0 bridgehead atoms. The molecule has 1 aromatic carbocycles. The molecule has 0 spiro atoms. The second-order valence-corrected chi connectivity index (χ2v) is 4.89. The molecule has 0 saturated carbocycles. The predicted molar refractivity (Wildman–Crippen MR) is 82.4 cm³/mol. The molecule has 1 heterocycles. The van der Waals surface area contributed by atoms with E-state index in [0.717, 1.165) is 22.6 Å². The number of hydrogen-bond donors (Lipinski definition) is 2. The highest BCUT2D eigenvalue weighted by Crippen LogP contribution is 2.20. The third-order valence-corrected chi connectivity index (χ3v) is 3.18. The molecule has 0 saturated heterocycles. The zero-order valence-corrected chi connectivity index (χ0v) is 12.2. The van der Waals surface area contributed by atoms with Crippen molar-refractivity contribution in [3.05, 3.63) is 52.8 Å². The molecular weight excluding hydrogens is 250 g/mol. The van der Waals surface area contributed by atoms with E-state index in [9.17, 15) is 4.79 Å². The van der Waals surface area contributed by atoms with Crippen molar-refractivity contribution in [3.63, 3.8) is 0 Å². The second-order valence-electron chi connectivity index (χ2n) is 4.89. The van der Waals surface area contributed by atoms with Crippen molar-refractivity contribution in [1.29, 1.82) is 0 Å². The zero-order chi connectivity index (χ0) is 14.7. The Morgan fingerprint density at radius 2 is 1.85 bits per heavy atom. The fourth-order valence-corrected chi connectivity index (χ4v) is 2.09. The first-order valence-electron chi connectivity index (χ1n) is 6.54. The number of benzene rings is 1. The number of rotatable bonds is 3. The number of carbonyl (C=O) groups excluding carboxylic acids is 1. The molecule has 1 amide bonds. The summed E-state index contributed by atoms with van der Waals surface area (Å²) in [5.74, 6) is -0.159. The molecule has 2 aromatic rings. The van der Waals surface area contributed by atoms with Crippen molar-refractivity contribution in [2.24, 2.45) is 0 Å². The molecule has 20 heavy (non-hydrogen) atoms. The van der Waals surface area contributed by atoms with Gasteiger partial charge >= 0.3 is 0 Å². The number of pyridine rings is 1. The fourth-order valence-electron chi connectivity index (χ4n) is 2.09. The molecule has 104 valence electrons. The van der Waals surface area contributed by atoms with E-state index in [1.54, 1.807) is 13.2 Å². The highest BCUT2D eigenvalue weighted by molar-refractivity contribution is 6.08. The Morgan fingerprint density at radius 1 is 1.10 bits per heavy atom. The molecule has 4 nitrogen and oxygen atoms in total. The highest BCUT2D eigenvalue weighted by Gasteiger charge is 2.12. The van der Waals surface area contributed by atoms with Crippen LogP contribution in [0, 0.1) is 20.8 Å². The van der Waals surface area contributed by atoms with Crippen LogP contribution in [-0.2, 0) is 0 Å². The van der Waals surface area contributed by atoms with E-state index in [2.05, 4.69) is 15.6 Å². The highest BCUT2D eigenvalue weighted by atomic mass is 16.1. The molecule has 2 rings (SSSR count). The average molecular weight is 269 g/mol. The van der Waals surface area contributed by atoms with Gasteiger partial charge in [-0.3, -0.25) is 9.78 Å². The van der Waals surface area contributed by atoms with Gasteiger partial charge in [0.2, 0.25) is 0 Å². The average Bonchev–Trinajstić information content (AvgIpc) is 2.41. The van der Waals surface area contributed by atoms with Crippen molar-refractivity contribution >= 4 is 17.3 Å². The van der Waals surface area contributed by atoms with Crippen LogP contribution in [-0.4, -0.2) is 17.9 Å². The van der Waals surface area contributed by atoms with E-state index in [1.165, 1.54) is 5.56 Å². The van der Waals surface area contributed by atoms with Crippen LogP contribution in [0.15, 0.2) is 30.5 Å². The van der Waals surface area contributed by atoms with Crippen LogP contribution in [0.25, 0.3) is 0 Å². The van der Waals surface area contributed by atoms with Gasteiger partial charge in [0.1, 0.15) is 0 Å². The van der Waals surface area contributed by atoms with Crippen molar-refractivity contribution in [2.75, 3.05) is 17.7 Å². The van der Waals surface area contributed by atoms with Gasteiger partial charge in [-0.1, -0.05) is 17.7 Å². The normalized spacial score (nSPS) is 10.2. The third kappa shape index (κ3) is 2.96. The minimum Gasteiger partial charge on any atom is -0.387 e. The maximum Gasteiger partial charge on any atom is 0.259 e. The van der Waals surface area contributed by atoms with Gasteiger partial charge in [0.25, 0.3) is 5.91 Å². The zero-order valence-electron chi connectivity index (χ0n) is 12.2. The Hall–Kier alpha value is -2.36. The maximum absolute atomic E-state index is 12.4. The Labute approximate surface area is 119 Å². The second kappa shape index (κ2) is 5.74. The number of anilines is 2. The molecule has 0 aliphatic heterocycles. The lowest BCUT2D eigenvalue weighted by Gasteiger charge is -2.12. The standard InChI is InChI=1S/C16H19N3O/c1-10-5-6-14(11(2)7-10)19-16(20)13-9-18-12(3)8-15(13)17-4/h5-9H,1-4H3,(H,17,18)(H,19,20). The maximum atomic E-state index is 12.4. The Kier molecular flexibility index (Phi) is 4.03. The van der Waals surface area contributed by atoms with E-state index in [0.29, 0.717) is 5.56 Å². The molecule has 0 aliphatic carbocycles. The van der Waals surface area contributed by atoms with Crippen LogP contribution in [0.2, 0.25) is 0 Å². The van der Waals surface area contributed by atoms with Gasteiger partial charge in [-0.25, -0.2) is 0 Å². The first kappa shape index (κ1) is 14.1. The predicted octanol–water partition coefficient (Wildman–Crippen LogP) is 3.30. The molecule has 0 radical (unpaired) electrons. The fraction of sp³-hybridized carbons (Fsp3) is 0.250. The molecule has 1 aromatic heterocycles. The van der Waals surface area contributed by atoms with Crippen LogP contribution in [0.3, 0.4) is 0 Å². The van der Waals surface area contributed by atoms with Crippen molar-refractivity contribution in [2.45, 2.75) is 20.8 Å². The monoisotopic (exact) mass is 269 g/mol. The first-order valence-corrected chi connectivity index (χ1v) is 6.54. The number of aromatic nitrogens is 1. The van der Waals surface area contributed by atoms with E-state index in [1.807, 2.05) is 45.0 Å². The van der Waals surface area contributed by atoms with E-state index >= 15 is 0 Å². The van der Waals surface area contributed by atoms with Gasteiger partial charge in [-0.15, -0.1) is 0 Å². The van der Waals surface area contributed by atoms with Crippen LogP contribution in [0.1, 0.15) is 27.2 Å². The van der Waals surface area contributed by atoms with Gasteiger partial charge in [-0.2, -0.15) is 0 Å². The van der Waals surface area contributed by atoms with Crippen LogP contribution in [0.5, 0.6) is 0 Å². The Balaban J connectivity index is 2.28. The molecule has 4 heteroatoms. The topological polar surface area (TPSA) is 54.0 Å². The largest absolute Gasteiger partial charge is 0.387 e. The van der Waals surface area contributed by atoms with E-state index in [-0.39, 0.29) is 5.91 Å². The molecule has 0 unspecified atom stereocenters. The number of amides is 1. The molecular formula is C16H19N3O. The number of nitrogens with zero attached hydrogens (tertiary/aromatic N) is 1. The summed E-state index contributed by atoms with van der Waals surface area (Å²) >= 11 is 0. The van der Waals surface area contributed by atoms with Gasteiger partial charge in [0, 0.05) is 24.6 Å². The summed E-state index contributed by atoms with van der Waals surface area (Å²) in [4.78, 5) is 16.5. The van der Waals surface area contributed by atoms with Crippen molar-refractivity contribution < 1.29 is 4.79 Å². The van der Waals surface area contributed by atoms with E-state index < -0.39 is 0 Å². The number of hydrogen-bond acceptors (Lipinski definition) is 3. The lowest BCUT2D eigenvalue weighted by atomic mass is 10.1. The summed E-state index contributed by atoms with van der Waals surface area (Å²) in [6.07, 6.45) is 1.60. The SMILES string of the molecule is CNc1cc(C)ncc1C(=O)Nc1ccc(C)cc1C. The van der Waals surface area contributed by atoms with Crippen LogP contribution < -0.4 is 10.6 Å². The number of carbonyl (C=O) groups is 1. The summed E-state index contributed by atoms with van der Waals surface area (Å²) in [5.41, 5.74) is 5.23. The Bertz CT molecular complexity index is 650.